The zero-order chi connectivity index (χ0) is 16.7. The average Bonchev–Trinajstić information content (AvgIpc) is 3.16. The van der Waals surface area contributed by atoms with Crippen LogP contribution < -0.4 is 0 Å². The molecule has 2 heterocycles. The number of rotatable bonds is 2. The van der Waals surface area contributed by atoms with Crippen LogP contribution in [0.2, 0.25) is 0 Å². The van der Waals surface area contributed by atoms with Crippen LogP contribution in [-0.2, 0) is 6.18 Å². The molecule has 0 aliphatic heterocycles. The number of halogens is 3. The largest absolute Gasteiger partial charge is 0.445 e. The molecule has 0 radical (unpaired) electrons. The van der Waals surface area contributed by atoms with Crippen molar-refractivity contribution in [2.45, 2.75) is 6.18 Å². The van der Waals surface area contributed by atoms with Gasteiger partial charge in [-0.2, -0.15) is 23.0 Å². The van der Waals surface area contributed by atoms with E-state index in [1.807, 2.05) is 0 Å². The zero-order valence-electron chi connectivity index (χ0n) is 12.3. The highest BCUT2D eigenvalue weighted by molar-refractivity contribution is 5.95. The van der Waals surface area contributed by atoms with Gasteiger partial charge in [0.15, 0.2) is 5.69 Å². The Morgan fingerprint density at radius 2 is 1.50 bits per heavy atom. The second-order valence-corrected chi connectivity index (χ2v) is 5.29. The van der Waals surface area contributed by atoms with Crippen LogP contribution in [0.3, 0.4) is 0 Å². The van der Waals surface area contributed by atoms with E-state index in [4.69, 9.17) is 4.42 Å². The first-order valence-corrected chi connectivity index (χ1v) is 7.24. The number of furan rings is 1. The third kappa shape index (κ3) is 2.27. The Morgan fingerprint density at radius 3 is 2.12 bits per heavy atom. The molecule has 2 aromatic heterocycles. The smallest absolute Gasteiger partial charge is 0.435 e. The van der Waals surface area contributed by atoms with Crippen molar-refractivity contribution < 1.29 is 17.6 Å². The lowest BCUT2D eigenvalue weighted by Gasteiger charge is -2.04. The van der Waals surface area contributed by atoms with Gasteiger partial charge in [0.25, 0.3) is 0 Å². The van der Waals surface area contributed by atoms with Gasteiger partial charge in [0.05, 0.1) is 11.1 Å². The van der Waals surface area contributed by atoms with E-state index in [9.17, 15) is 13.2 Å². The van der Waals surface area contributed by atoms with Gasteiger partial charge in [0.2, 0.25) is 5.71 Å². The van der Waals surface area contributed by atoms with Crippen LogP contribution in [0, 0.1) is 0 Å². The maximum absolute atomic E-state index is 13.5. The summed E-state index contributed by atoms with van der Waals surface area (Å²) in [7, 11) is 0. The molecule has 0 unspecified atom stereocenters. The molecule has 0 spiro atoms. The van der Waals surface area contributed by atoms with E-state index in [-0.39, 0.29) is 11.1 Å². The van der Waals surface area contributed by atoms with E-state index < -0.39 is 11.9 Å². The van der Waals surface area contributed by atoms with Crippen molar-refractivity contribution in [3.05, 3.63) is 72.6 Å². The van der Waals surface area contributed by atoms with Gasteiger partial charge in [-0.05, 0) is 17.7 Å². The van der Waals surface area contributed by atoms with Crippen LogP contribution in [0.1, 0.15) is 5.69 Å². The van der Waals surface area contributed by atoms with Crippen molar-refractivity contribution in [3.8, 4) is 16.8 Å². The van der Waals surface area contributed by atoms with Gasteiger partial charge in [-0.3, -0.25) is 0 Å². The van der Waals surface area contributed by atoms with Gasteiger partial charge in [-0.25, -0.2) is 0 Å². The predicted molar refractivity (Wildman–Crippen MR) is 83.8 cm³/mol. The molecule has 0 amide bonds. The second-order valence-electron chi connectivity index (χ2n) is 5.29. The van der Waals surface area contributed by atoms with Crippen LogP contribution >= 0.6 is 0 Å². The minimum atomic E-state index is -4.58. The summed E-state index contributed by atoms with van der Waals surface area (Å²) in [5.41, 5.74) is 0.655. The number of aromatic nitrogens is 2. The van der Waals surface area contributed by atoms with Crippen molar-refractivity contribution >= 4 is 11.1 Å². The van der Waals surface area contributed by atoms with E-state index in [1.54, 1.807) is 60.7 Å². The highest BCUT2D eigenvalue weighted by Crippen LogP contribution is 2.41. The summed E-state index contributed by atoms with van der Waals surface area (Å²) in [5, 5.41) is 3.74. The normalized spacial score (nSPS) is 12.0. The summed E-state index contributed by atoms with van der Waals surface area (Å²) in [5.74, 6) is 0. The number of alkyl halides is 3. The number of hydrogen-bond acceptors (Lipinski definition) is 2. The Morgan fingerprint density at radius 1 is 0.875 bits per heavy atom. The monoisotopic (exact) mass is 328 g/mol. The predicted octanol–water partition coefficient (Wildman–Crippen LogP) is 5.30. The lowest BCUT2D eigenvalue weighted by Crippen LogP contribution is -2.08. The summed E-state index contributed by atoms with van der Waals surface area (Å²) < 4.78 is 47.2. The molecule has 0 bridgehead atoms. The van der Waals surface area contributed by atoms with Gasteiger partial charge in [0.1, 0.15) is 6.26 Å². The lowest BCUT2D eigenvalue weighted by molar-refractivity contribution is -0.140. The first kappa shape index (κ1) is 14.6. The highest BCUT2D eigenvalue weighted by Gasteiger charge is 2.39. The number of fused-ring (bicyclic) bond motifs is 1. The molecule has 0 aliphatic rings. The van der Waals surface area contributed by atoms with E-state index in [0.29, 0.717) is 16.8 Å². The maximum Gasteiger partial charge on any atom is 0.435 e. The molecule has 3 nitrogen and oxygen atoms in total. The van der Waals surface area contributed by atoms with Crippen molar-refractivity contribution in [1.82, 2.24) is 9.78 Å². The molecule has 4 rings (SSSR count). The van der Waals surface area contributed by atoms with Crippen LogP contribution in [-0.4, -0.2) is 9.78 Å². The fourth-order valence-corrected chi connectivity index (χ4v) is 2.70. The molecule has 6 heteroatoms. The molecular weight excluding hydrogens is 317 g/mol. The van der Waals surface area contributed by atoms with Gasteiger partial charge in [0, 0.05) is 5.56 Å². The van der Waals surface area contributed by atoms with Crippen molar-refractivity contribution in [3.63, 3.8) is 0 Å². The van der Waals surface area contributed by atoms with E-state index in [0.717, 1.165) is 0 Å². The standard InChI is InChI=1S/C18H11F3N2O/c19-18(20,21)16-15-14(12-7-3-1-4-8-12)11-24-17(15)23(22-16)13-9-5-2-6-10-13/h1-11H. The van der Waals surface area contributed by atoms with E-state index >= 15 is 0 Å². The maximum atomic E-state index is 13.5. The molecule has 0 saturated heterocycles. The molecular formula is C18H11F3N2O. The van der Waals surface area contributed by atoms with Crippen LogP contribution in [0.15, 0.2) is 71.3 Å². The Bertz CT molecular complexity index is 948. The highest BCUT2D eigenvalue weighted by atomic mass is 19.4. The minimum Gasteiger partial charge on any atom is -0.445 e. The fourth-order valence-electron chi connectivity index (χ4n) is 2.70. The first-order valence-electron chi connectivity index (χ1n) is 7.24. The molecule has 24 heavy (non-hydrogen) atoms. The second kappa shape index (κ2) is 5.26. The van der Waals surface area contributed by atoms with Crippen LogP contribution in [0.5, 0.6) is 0 Å². The van der Waals surface area contributed by atoms with Crippen LogP contribution in [0.25, 0.3) is 27.9 Å². The summed E-state index contributed by atoms with van der Waals surface area (Å²) >= 11 is 0. The zero-order valence-corrected chi connectivity index (χ0v) is 12.3. The fraction of sp³-hybridized carbons (Fsp3) is 0.0556. The number of benzene rings is 2. The van der Waals surface area contributed by atoms with Crippen molar-refractivity contribution in [2.24, 2.45) is 0 Å². The van der Waals surface area contributed by atoms with Crippen molar-refractivity contribution in [1.29, 1.82) is 0 Å². The van der Waals surface area contributed by atoms with Gasteiger partial charge >= 0.3 is 6.18 Å². The Kier molecular flexibility index (Phi) is 3.19. The number of hydrogen-bond donors (Lipinski definition) is 0. The summed E-state index contributed by atoms with van der Waals surface area (Å²) in [6, 6.07) is 17.4. The summed E-state index contributed by atoms with van der Waals surface area (Å²) in [6.45, 7) is 0. The number of para-hydroxylation sites is 1. The minimum absolute atomic E-state index is 0.0300. The average molecular weight is 328 g/mol. The Hall–Kier alpha value is -3.02. The number of nitrogens with zero attached hydrogens (tertiary/aromatic N) is 2. The first-order chi connectivity index (χ1) is 11.6. The molecule has 0 N–H and O–H groups in total. The topological polar surface area (TPSA) is 31.0 Å². The summed E-state index contributed by atoms with van der Waals surface area (Å²) in [4.78, 5) is 0. The van der Waals surface area contributed by atoms with Gasteiger partial charge < -0.3 is 4.42 Å². The molecule has 120 valence electrons. The SMILES string of the molecule is FC(F)(F)c1nn(-c2ccccc2)c2occ(-c3ccccc3)c12. The molecule has 0 aliphatic carbocycles. The van der Waals surface area contributed by atoms with Crippen molar-refractivity contribution in [2.75, 3.05) is 0 Å². The molecule has 0 atom stereocenters. The van der Waals surface area contributed by atoms with E-state index in [1.165, 1.54) is 10.9 Å². The third-order valence-corrected chi connectivity index (χ3v) is 3.75. The van der Waals surface area contributed by atoms with Gasteiger partial charge in [-0.1, -0.05) is 48.5 Å². The lowest BCUT2D eigenvalue weighted by atomic mass is 10.1. The summed E-state index contributed by atoms with van der Waals surface area (Å²) in [6.07, 6.45) is -3.23. The molecule has 2 aromatic carbocycles. The third-order valence-electron chi connectivity index (χ3n) is 3.75. The van der Waals surface area contributed by atoms with Crippen LogP contribution in [0.4, 0.5) is 13.2 Å². The Balaban J connectivity index is 2.04. The Labute approximate surface area is 134 Å². The molecule has 0 fully saturated rings. The quantitative estimate of drug-likeness (QED) is 0.500. The van der Waals surface area contributed by atoms with Gasteiger partial charge in [-0.15, -0.1) is 0 Å². The van der Waals surface area contributed by atoms with E-state index in [2.05, 4.69) is 5.10 Å². The molecule has 0 saturated carbocycles. The molecule has 4 aromatic rings.